The molecule has 1 atom stereocenters. The van der Waals surface area contributed by atoms with Crippen molar-refractivity contribution in [3.8, 4) is 22.7 Å². The lowest BCUT2D eigenvalue weighted by molar-refractivity contribution is -0.123. The summed E-state index contributed by atoms with van der Waals surface area (Å²) >= 11 is 6.71. The SMILES string of the molecule is CCCCOc1ccc(-c2nn(-c3ccccc3)cc2/C=C2\SC(=S)N([C@H]3CCS(=O)(=O)C3)C2=O)c(C)c1. The minimum absolute atomic E-state index is 0.0459. The van der Waals surface area contributed by atoms with Crippen LogP contribution < -0.4 is 4.74 Å². The summed E-state index contributed by atoms with van der Waals surface area (Å²) in [4.78, 5) is 15.3. The van der Waals surface area contributed by atoms with Gasteiger partial charge < -0.3 is 4.74 Å². The molecule has 38 heavy (non-hydrogen) atoms. The Balaban J connectivity index is 1.52. The zero-order valence-corrected chi connectivity index (χ0v) is 23.7. The van der Waals surface area contributed by atoms with Crippen LogP contribution in [0.25, 0.3) is 23.0 Å². The van der Waals surface area contributed by atoms with Gasteiger partial charge in [-0.3, -0.25) is 9.69 Å². The summed E-state index contributed by atoms with van der Waals surface area (Å²) in [6.07, 6.45) is 6.20. The van der Waals surface area contributed by atoms with E-state index >= 15 is 0 Å². The van der Waals surface area contributed by atoms with E-state index in [9.17, 15) is 13.2 Å². The summed E-state index contributed by atoms with van der Waals surface area (Å²) in [6.45, 7) is 4.83. The van der Waals surface area contributed by atoms with Crippen molar-refractivity contribution in [2.75, 3.05) is 18.1 Å². The third-order valence-corrected chi connectivity index (χ3v) is 9.75. The van der Waals surface area contributed by atoms with Crippen molar-refractivity contribution < 1.29 is 17.9 Å². The van der Waals surface area contributed by atoms with Crippen molar-refractivity contribution >= 4 is 50.1 Å². The van der Waals surface area contributed by atoms with Crippen molar-refractivity contribution in [3.05, 3.63) is 70.8 Å². The Kier molecular flexibility index (Phi) is 7.74. The molecular formula is C28H29N3O4S3. The van der Waals surface area contributed by atoms with Gasteiger partial charge in [-0.25, -0.2) is 13.1 Å². The van der Waals surface area contributed by atoms with Crippen molar-refractivity contribution in [3.63, 3.8) is 0 Å². The number of hydrogen-bond donors (Lipinski definition) is 0. The Bertz CT molecular complexity index is 1510. The monoisotopic (exact) mass is 567 g/mol. The first kappa shape index (κ1) is 26.6. The van der Waals surface area contributed by atoms with Crippen LogP contribution in [0.5, 0.6) is 5.75 Å². The number of rotatable bonds is 8. The van der Waals surface area contributed by atoms with Gasteiger partial charge >= 0.3 is 0 Å². The molecular weight excluding hydrogens is 539 g/mol. The Morgan fingerprint density at radius 1 is 1.21 bits per heavy atom. The molecule has 1 aromatic heterocycles. The van der Waals surface area contributed by atoms with Gasteiger partial charge in [0.2, 0.25) is 0 Å². The first-order valence-electron chi connectivity index (χ1n) is 12.6. The van der Waals surface area contributed by atoms with E-state index < -0.39 is 15.9 Å². The van der Waals surface area contributed by atoms with E-state index in [1.807, 2.05) is 67.7 Å². The average Bonchev–Trinajstić information content (AvgIpc) is 3.55. The second kappa shape index (κ2) is 11.0. The number of para-hydroxylation sites is 1. The smallest absolute Gasteiger partial charge is 0.266 e. The molecule has 7 nitrogen and oxygen atoms in total. The summed E-state index contributed by atoms with van der Waals surface area (Å²) < 4.78 is 32.1. The molecule has 1 amide bonds. The molecule has 3 aromatic rings. The average molecular weight is 568 g/mol. The van der Waals surface area contributed by atoms with Crippen LogP contribution in [-0.4, -0.2) is 57.5 Å². The van der Waals surface area contributed by atoms with Crippen LogP contribution in [0.1, 0.15) is 37.3 Å². The fraction of sp³-hybridized carbons (Fsp3) is 0.321. The number of thioether (sulfide) groups is 1. The minimum atomic E-state index is -3.15. The number of sulfone groups is 1. The molecule has 5 rings (SSSR count). The lowest BCUT2D eigenvalue weighted by atomic mass is 10.0. The molecule has 0 bridgehead atoms. The molecule has 0 spiro atoms. The number of hydrogen-bond acceptors (Lipinski definition) is 7. The van der Waals surface area contributed by atoms with Crippen LogP contribution >= 0.6 is 24.0 Å². The Labute approximate surface area is 232 Å². The predicted octanol–water partition coefficient (Wildman–Crippen LogP) is 5.41. The highest BCUT2D eigenvalue weighted by atomic mass is 32.2. The number of ether oxygens (including phenoxy) is 1. The molecule has 198 valence electrons. The van der Waals surface area contributed by atoms with Gasteiger partial charge in [-0.2, -0.15) is 5.10 Å². The molecule has 0 radical (unpaired) electrons. The highest BCUT2D eigenvalue weighted by Gasteiger charge is 2.42. The van der Waals surface area contributed by atoms with Crippen molar-refractivity contribution in [2.45, 2.75) is 39.2 Å². The van der Waals surface area contributed by atoms with E-state index in [4.69, 9.17) is 22.1 Å². The molecule has 0 N–H and O–H groups in total. The van der Waals surface area contributed by atoms with Crippen LogP contribution in [0.3, 0.4) is 0 Å². The molecule has 2 aromatic carbocycles. The summed E-state index contributed by atoms with van der Waals surface area (Å²) in [6, 6.07) is 15.3. The number of aryl methyl sites for hydroxylation is 1. The van der Waals surface area contributed by atoms with Gasteiger partial charge in [-0.1, -0.05) is 55.5 Å². The molecule has 0 aliphatic carbocycles. The van der Waals surface area contributed by atoms with Crippen LogP contribution in [0.2, 0.25) is 0 Å². The second-order valence-electron chi connectivity index (χ2n) is 9.50. The maximum Gasteiger partial charge on any atom is 0.266 e. The molecule has 2 aliphatic rings. The molecule has 3 heterocycles. The predicted molar refractivity (Wildman–Crippen MR) is 156 cm³/mol. The van der Waals surface area contributed by atoms with E-state index in [1.165, 1.54) is 16.7 Å². The summed E-state index contributed by atoms with van der Waals surface area (Å²) in [5.41, 5.74) is 4.35. The van der Waals surface area contributed by atoms with Crippen LogP contribution in [-0.2, 0) is 14.6 Å². The van der Waals surface area contributed by atoms with E-state index in [1.54, 1.807) is 4.68 Å². The first-order valence-corrected chi connectivity index (χ1v) is 15.7. The van der Waals surface area contributed by atoms with Gasteiger partial charge in [0.15, 0.2) is 9.84 Å². The quantitative estimate of drug-likeness (QED) is 0.204. The topological polar surface area (TPSA) is 81.5 Å². The van der Waals surface area contributed by atoms with E-state index in [-0.39, 0.29) is 17.4 Å². The summed E-state index contributed by atoms with van der Waals surface area (Å²) in [5.74, 6) is 0.600. The second-order valence-corrected chi connectivity index (χ2v) is 13.4. The van der Waals surface area contributed by atoms with Crippen molar-refractivity contribution in [1.82, 2.24) is 14.7 Å². The first-order chi connectivity index (χ1) is 18.3. The molecule has 2 aliphatic heterocycles. The van der Waals surface area contributed by atoms with Gasteiger partial charge in [-0.05, 0) is 61.7 Å². The number of thiocarbonyl (C=S) groups is 1. The maximum atomic E-state index is 13.4. The zero-order chi connectivity index (χ0) is 26.9. The molecule has 2 saturated heterocycles. The Hall–Kier alpha value is -2.95. The number of carbonyl (C=O) groups excluding carboxylic acids is 1. The Morgan fingerprint density at radius 2 is 2.00 bits per heavy atom. The minimum Gasteiger partial charge on any atom is -0.494 e. The largest absolute Gasteiger partial charge is 0.494 e. The van der Waals surface area contributed by atoms with Crippen molar-refractivity contribution in [2.24, 2.45) is 0 Å². The standard InChI is InChI=1S/C28H29N3O4S3/c1-3-4-13-35-23-10-11-24(19(2)15-23)26-20(17-30(29-26)21-8-6-5-7-9-21)16-25-27(32)31(28(36)37-25)22-12-14-38(33,34)18-22/h5-11,15-17,22H,3-4,12-14,18H2,1-2H3/b25-16-/t22-/m0/s1. The Morgan fingerprint density at radius 3 is 2.68 bits per heavy atom. The highest BCUT2D eigenvalue weighted by Crippen LogP contribution is 2.38. The van der Waals surface area contributed by atoms with Crippen LogP contribution in [0.4, 0.5) is 0 Å². The third kappa shape index (κ3) is 5.57. The lowest BCUT2D eigenvalue weighted by Crippen LogP contribution is -2.39. The van der Waals surface area contributed by atoms with E-state index in [2.05, 4.69) is 6.92 Å². The van der Waals surface area contributed by atoms with Gasteiger partial charge in [0, 0.05) is 17.3 Å². The number of nitrogens with zero attached hydrogens (tertiary/aromatic N) is 3. The van der Waals surface area contributed by atoms with Crippen LogP contribution in [0, 0.1) is 6.92 Å². The number of unbranched alkanes of at least 4 members (excludes halogenated alkanes) is 1. The third-order valence-electron chi connectivity index (χ3n) is 6.67. The molecule has 10 heteroatoms. The zero-order valence-electron chi connectivity index (χ0n) is 21.3. The van der Waals surface area contributed by atoms with E-state index in [0.29, 0.717) is 22.3 Å². The summed E-state index contributed by atoms with van der Waals surface area (Å²) in [7, 11) is -3.15. The van der Waals surface area contributed by atoms with Crippen LogP contribution in [0.15, 0.2) is 59.6 Å². The number of benzene rings is 2. The fourth-order valence-electron chi connectivity index (χ4n) is 4.66. The molecule has 2 fully saturated rings. The molecule has 0 saturated carbocycles. The summed E-state index contributed by atoms with van der Waals surface area (Å²) in [5, 5.41) is 4.90. The molecule has 0 unspecified atom stereocenters. The number of carbonyl (C=O) groups is 1. The van der Waals surface area contributed by atoms with Crippen molar-refractivity contribution in [1.29, 1.82) is 0 Å². The number of amides is 1. The number of aromatic nitrogens is 2. The fourth-order valence-corrected chi connectivity index (χ4v) is 7.75. The highest BCUT2D eigenvalue weighted by molar-refractivity contribution is 8.26. The normalized spacial score (nSPS) is 20.0. The maximum absolute atomic E-state index is 13.4. The van der Waals surface area contributed by atoms with Gasteiger partial charge in [0.1, 0.15) is 15.8 Å². The van der Waals surface area contributed by atoms with Gasteiger partial charge in [0.25, 0.3) is 5.91 Å². The van der Waals surface area contributed by atoms with Gasteiger partial charge in [-0.15, -0.1) is 0 Å². The van der Waals surface area contributed by atoms with E-state index in [0.717, 1.165) is 46.7 Å². The van der Waals surface area contributed by atoms with Gasteiger partial charge in [0.05, 0.1) is 34.7 Å². The lowest BCUT2D eigenvalue weighted by Gasteiger charge is -2.20.